The van der Waals surface area contributed by atoms with Gasteiger partial charge < -0.3 is 19.4 Å². The largest absolute Gasteiger partial charge is 0.465 e. The maximum absolute atomic E-state index is 13.5. The maximum Gasteiger partial charge on any atom is 0.356 e. The molecule has 1 aliphatic rings. The van der Waals surface area contributed by atoms with Crippen LogP contribution in [0.2, 0.25) is 0 Å². The molecule has 4 aromatic rings. The van der Waals surface area contributed by atoms with Crippen LogP contribution in [-0.4, -0.2) is 36.1 Å². The van der Waals surface area contributed by atoms with E-state index in [1.165, 1.54) is 30.1 Å². The molecule has 206 valence electrons. The second-order valence-electron chi connectivity index (χ2n) is 9.88. The Kier molecular flexibility index (Phi) is 7.84. The number of aromatic nitrogens is 1. The van der Waals surface area contributed by atoms with Gasteiger partial charge in [-0.05, 0) is 55.2 Å². The van der Waals surface area contributed by atoms with Crippen LogP contribution < -0.4 is 10.9 Å². The van der Waals surface area contributed by atoms with E-state index >= 15 is 0 Å². The molecule has 1 N–H and O–H groups in total. The number of anilines is 1. The number of amides is 1. The third-order valence-electron chi connectivity index (χ3n) is 7.24. The molecule has 0 radical (unpaired) electrons. The zero-order valence-corrected chi connectivity index (χ0v) is 23.5. The second-order valence-corrected chi connectivity index (χ2v) is 11.0. The standard InChI is InChI=1S/C31H30N2O6S/c1-18-13-15-19(16-14-18)25-20-9-7-8-10-21(20)29(35)33(2)27(25)31(37)39-17-24(34)32-28-26(30(36)38-3)22-11-5-4-6-12-23(22)40-28/h7-10,13-16H,4-6,11-12,17H2,1-3H3,(H,32,34). The summed E-state index contributed by atoms with van der Waals surface area (Å²) < 4.78 is 11.7. The van der Waals surface area contributed by atoms with Crippen molar-refractivity contribution >= 4 is 45.0 Å². The number of nitrogens with one attached hydrogen (secondary N) is 1. The number of ether oxygens (including phenoxy) is 2. The lowest BCUT2D eigenvalue weighted by atomic mass is 9.96. The van der Waals surface area contributed by atoms with Gasteiger partial charge in [0.1, 0.15) is 10.7 Å². The van der Waals surface area contributed by atoms with Crippen LogP contribution in [0.15, 0.2) is 53.3 Å². The number of carbonyl (C=O) groups excluding carboxylic acids is 3. The Balaban J connectivity index is 1.44. The van der Waals surface area contributed by atoms with Gasteiger partial charge in [0.2, 0.25) is 0 Å². The van der Waals surface area contributed by atoms with Crippen molar-refractivity contribution < 1.29 is 23.9 Å². The Labute approximate surface area is 235 Å². The minimum absolute atomic E-state index is 0.0541. The fourth-order valence-corrected chi connectivity index (χ4v) is 6.52. The lowest BCUT2D eigenvalue weighted by molar-refractivity contribution is -0.119. The normalized spacial score (nSPS) is 12.9. The summed E-state index contributed by atoms with van der Waals surface area (Å²) in [6, 6.07) is 14.7. The van der Waals surface area contributed by atoms with Gasteiger partial charge in [-0.25, -0.2) is 9.59 Å². The van der Waals surface area contributed by atoms with E-state index in [2.05, 4.69) is 5.32 Å². The van der Waals surface area contributed by atoms with Crippen molar-refractivity contribution in [3.63, 3.8) is 0 Å². The Morgan fingerprint density at radius 1 is 0.950 bits per heavy atom. The third-order valence-corrected chi connectivity index (χ3v) is 8.44. The number of thiophene rings is 1. The predicted molar refractivity (Wildman–Crippen MR) is 155 cm³/mol. The predicted octanol–water partition coefficient (Wildman–Crippen LogP) is 5.43. The summed E-state index contributed by atoms with van der Waals surface area (Å²) in [4.78, 5) is 53.2. The number of hydrogen-bond acceptors (Lipinski definition) is 7. The first-order valence-corrected chi connectivity index (χ1v) is 14.0. The summed E-state index contributed by atoms with van der Waals surface area (Å²) >= 11 is 1.37. The van der Waals surface area contributed by atoms with Crippen LogP contribution in [0.4, 0.5) is 5.00 Å². The van der Waals surface area contributed by atoms with Crippen LogP contribution >= 0.6 is 11.3 Å². The van der Waals surface area contributed by atoms with Crippen LogP contribution in [0.1, 0.15) is 56.1 Å². The molecule has 0 atom stereocenters. The van der Waals surface area contributed by atoms with Gasteiger partial charge in [0.15, 0.2) is 6.61 Å². The summed E-state index contributed by atoms with van der Waals surface area (Å²) in [5.74, 6) is -1.88. The highest BCUT2D eigenvalue weighted by molar-refractivity contribution is 7.17. The second kappa shape index (κ2) is 11.5. The van der Waals surface area contributed by atoms with E-state index < -0.39 is 24.5 Å². The number of nitrogens with zero attached hydrogens (tertiary/aromatic N) is 1. The van der Waals surface area contributed by atoms with Crippen LogP contribution in [0, 0.1) is 6.92 Å². The highest BCUT2D eigenvalue weighted by Crippen LogP contribution is 2.38. The van der Waals surface area contributed by atoms with E-state index in [1.807, 2.05) is 37.3 Å². The van der Waals surface area contributed by atoms with Crippen molar-refractivity contribution in [2.24, 2.45) is 7.05 Å². The van der Waals surface area contributed by atoms with E-state index in [1.54, 1.807) is 18.2 Å². The molecule has 2 heterocycles. The zero-order valence-electron chi connectivity index (χ0n) is 22.7. The van der Waals surface area contributed by atoms with Gasteiger partial charge in [-0.1, -0.05) is 54.4 Å². The van der Waals surface area contributed by atoms with Crippen molar-refractivity contribution in [1.29, 1.82) is 0 Å². The first-order valence-electron chi connectivity index (χ1n) is 13.2. The molecule has 0 unspecified atom stereocenters. The molecule has 0 spiro atoms. The number of aryl methyl sites for hydroxylation is 2. The average molecular weight is 559 g/mol. The van der Waals surface area contributed by atoms with Crippen molar-refractivity contribution in [3.05, 3.63) is 86.1 Å². The van der Waals surface area contributed by atoms with Gasteiger partial charge in [0.05, 0.1) is 12.7 Å². The van der Waals surface area contributed by atoms with Gasteiger partial charge in [-0.15, -0.1) is 11.3 Å². The number of hydrogen-bond donors (Lipinski definition) is 1. The minimum atomic E-state index is -0.800. The van der Waals surface area contributed by atoms with Crippen molar-refractivity contribution in [2.75, 3.05) is 19.0 Å². The molecule has 40 heavy (non-hydrogen) atoms. The molecule has 1 aliphatic carbocycles. The van der Waals surface area contributed by atoms with Crippen LogP contribution in [0.3, 0.4) is 0 Å². The quantitative estimate of drug-likeness (QED) is 0.250. The number of carbonyl (C=O) groups is 3. The fourth-order valence-electron chi connectivity index (χ4n) is 5.23. The zero-order chi connectivity index (χ0) is 28.4. The summed E-state index contributed by atoms with van der Waals surface area (Å²) in [5.41, 5.74) is 3.37. The number of benzene rings is 2. The topological polar surface area (TPSA) is 104 Å². The van der Waals surface area contributed by atoms with Gasteiger partial charge in [-0.2, -0.15) is 0 Å². The van der Waals surface area contributed by atoms with Crippen LogP contribution in [-0.2, 0) is 34.2 Å². The molecule has 2 aromatic heterocycles. The summed E-state index contributed by atoms with van der Waals surface area (Å²) in [6.45, 7) is 1.38. The first-order chi connectivity index (χ1) is 19.3. The van der Waals surface area contributed by atoms with Gasteiger partial charge in [0, 0.05) is 22.9 Å². The van der Waals surface area contributed by atoms with E-state index in [4.69, 9.17) is 9.47 Å². The van der Waals surface area contributed by atoms with Crippen molar-refractivity contribution in [1.82, 2.24) is 4.57 Å². The smallest absolute Gasteiger partial charge is 0.356 e. The molecule has 0 aliphatic heterocycles. The van der Waals surface area contributed by atoms with E-state index in [9.17, 15) is 19.2 Å². The molecule has 0 saturated heterocycles. The lowest BCUT2D eigenvalue weighted by Crippen LogP contribution is -2.28. The van der Waals surface area contributed by atoms with Gasteiger partial charge >= 0.3 is 11.9 Å². The van der Waals surface area contributed by atoms with Crippen molar-refractivity contribution in [3.8, 4) is 11.1 Å². The highest BCUT2D eigenvalue weighted by atomic mass is 32.1. The fraction of sp³-hybridized carbons (Fsp3) is 0.290. The van der Waals surface area contributed by atoms with Crippen LogP contribution in [0.5, 0.6) is 0 Å². The van der Waals surface area contributed by atoms with E-state index in [-0.39, 0.29) is 11.3 Å². The summed E-state index contributed by atoms with van der Waals surface area (Å²) in [7, 11) is 2.83. The number of methoxy groups -OCH3 is 1. The monoisotopic (exact) mass is 558 g/mol. The molecule has 9 heteroatoms. The number of pyridine rings is 1. The summed E-state index contributed by atoms with van der Waals surface area (Å²) in [5, 5.41) is 4.25. The van der Waals surface area contributed by atoms with E-state index in [0.29, 0.717) is 26.9 Å². The Bertz CT molecular complexity index is 1680. The van der Waals surface area contributed by atoms with E-state index in [0.717, 1.165) is 53.7 Å². The number of rotatable bonds is 6. The first kappa shape index (κ1) is 27.3. The molecule has 8 nitrogen and oxygen atoms in total. The molecule has 5 rings (SSSR count). The number of fused-ring (bicyclic) bond motifs is 2. The third kappa shape index (κ3) is 5.16. The molecule has 1 amide bonds. The molecule has 0 saturated carbocycles. The molecule has 0 bridgehead atoms. The van der Waals surface area contributed by atoms with Gasteiger partial charge in [-0.3, -0.25) is 9.59 Å². The molecular weight excluding hydrogens is 528 g/mol. The minimum Gasteiger partial charge on any atom is -0.465 e. The number of esters is 2. The van der Waals surface area contributed by atoms with Gasteiger partial charge in [0.25, 0.3) is 11.5 Å². The van der Waals surface area contributed by atoms with Crippen LogP contribution in [0.25, 0.3) is 21.9 Å². The highest BCUT2D eigenvalue weighted by Gasteiger charge is 2.27. The van der Waals surface area contributed by atoms with Crippen molar-refractivity contribution in [2.45, 2.75) is 39.0 Å². The molecular formula is C31H30N2O6S. The molecule has 2 aromatic carbocycles. The molecule has 0 fully saturated rings. The SMILES string of the molecule is COC(=O)c1c(NC(=O)COC(=O)c2c(-c3ccc(C)cc3)c3ccccc3c(=O)n2C)sc2c1CCCCC2. The Hall–Kier alpha value is -4.24. The lowest BCUT2D eigenvalue weighted by Gasteiger charge is -2.17. The average Bonchev–Trinajstić information content (AvgIpc) is 3.13. The Morgan fingerprint density at radius 3 is 2.38 bits per heavy atom. The Morgan fingerprint density at radius 2 is 1.65 bits per heavy atom. The summed E-state index contributed by atoms with van der Waals surface area (Å²) in [6.07, 6.45) is 4.66. The maximum atomic E-state index is 13.5.